The summed E-state index contributed by atoms with van der Waals surface area (Å²) in [4.78, 5) is 13.9. The number of benzene rings is 2. The number of rotatable bonds is 1. The van der Waals surface area contributed by atoms with Crippen molar-refractivity contribution in [2.75, 3.05) is 13.7 Å². The van der Waals surface area contributed by atoms with E-state index in [1.54, 1.807) is 7.11 Å². The van der Waals surface area contributed by atoms with E-state index in [2.05, 4.69) is 29.2 Å². The summed E-state index contributed by atoms with van der Waals surface area (Å²) < 4.78 is 5.30. The minimum atomic E-state index is 0.303. The lowest BCUT2D eigenvalue weighted by molar-refractivity contribution is -0.129. The van der Waals surface area contributed by atoms with Gasteiger partial charge in [-0.05, 0) is 46.9 Å². The van der Waals surface area contributed by atoms with Gasteiger partial charge in [0.2, 0.25) is 5.91 Å². The van der Waals surface area contributed by atoms with Crippen LogP contribution in [-0.4, -0.2) is 24.5 Å². The molecule has 0 N–H and O–H groups in total. The van der Waals surface area contributed by atoms with Crippen LogP contribution < -0.4 is 4.74 Å². The molecule has 0 aliphatic carbocycles. The van der Waals surface area contributed by atoms with Crippen LogP contribution in [0.4, 0.5) is 0 Å². The third kappa shape index (κ3) is 1.56. The molecule has 0 bridgehead atoms. The van der Waals surface area contributed by atoms with Gasteiger partial charge >= 0.3 is 0 Å². The van der Waals surface area contributed by atoms with Gasteiger partial charge in [-0.15, -0.1) is 0 Å². The van der Waals surface area contributed by atoms with Crippen molar-refractivity contribution in [3.63, 3.8) is 0 Å². The third-order valence-corrected chi connectivity index (χ3v) is 4.66. The minimum Gasteiger partial charge on any atom is -0.497 e. The highest BCUT2D eigenvalue weighted by Gasteiger charge is 2.36. The van der Waals surface area contributed by atoms with Crippen molar-refractivity contribution in [1.29, 1.82) is 0 Å². The fourth-order valence-electron chi connectivity index (χ4n) is 3.68. The predicted molar refractivity (Wildman–Crippen MR) is 77.9 cm³/mol. The van der Waals surface area contributed by atoms with Gasteiger partial charge in [-0.25, -0.2) is 0 Å². The van der Waals surface area contributed by atoms with E-state index in [0.717, 1.165) is 25.1 Å². The summed E-state index contributed by atoms with van der Waals surface area (Å²) in [6.45, 7) is 0.863. The maximum Gasteiger partial charge on any atom is 0.223 e. The van der Waals surface area contributed by atoms with Gasteiger partial charge in [0.25, 0.3) is 0 Å². The van der Waals surface area contributed by atoms with Crippen molar-refractivity contribution in [1.82, 2.24) is 4.90 Å². The molecule has 2 aromatic rings. The molecule has 2 aliphatic heterocycles. The second-order valence-electron chi connectivity index (χ2n) is 5.61. The molecular formula is C17H17NO2. The third-order valence-electron chi connectivity index (χ3n) is 4.66. The zero-order valence-corrected chi connectivity index (χ0v) is 11.6. The molecule has 0 unspecified atom stereocenters. The zero-order chi connectivity index (χ0) is 13.7. The summed E-state index contributed by atoms with van der Waals surface area (Å²) in [5.41, 5.74) is 2.76. The van der Waals surface area contributed by atoms with Crippen molar-refractivity contribution < 1.29 is 9.53 Å². The SMILES string of the molecule is COc1ccc2c3c(ccc2c1)[C@@H]1CCC(=O)N1CC3. The summed E-state index contributed by atoms with van der Waals surface area (Å²) in [5.74, 6) is 1.21. The number of carbonyl (C=O) groups is 1. The van der Waals surface area contributed by atoms with Gasteiger partial charge in [0.1, 0.15) is 5.75 Å². The molecule has 1 fully saturated rings. The van der Waals surface area contributed by atoms with Crippen molar-refractivity contribution in [2.24, 2.45) is 0 Å². The Labute approximate surface area is 118 Å². The Hall–Kier alpha value is -2.03. The molecule has 1 saturated heterocycles. The average molecular weight is 267 g/mol. The number of nitrogens with zero attached hydrogens (tertiary/aromatic N) is 1. The normalized spacial score (nSPS) is 20.9. The summed E-state index contributed by atoms with van der Waals surface area (Å²) in [6.07, 6.45) is 2.62. The average Bonchev–Trinajstić information content (AvgIpc) is 2.88. The number of hydrogen-bond acceptors (Lipinski definition) is 2. The molecule has 3 nitrogen and oxygen atoms in total. The van der Waals surface area contributed by atoms with Gasteiger partial charge in [-0.1, -0.05) is 18.2 Å². The smallest absolute Gasteiger partial charge is 0.223 e. The lowest BCUT2D eigenvalue weighted by Crippen LogP contribution is -2.34. The molecule has 3 heteroatoms. The molecule has 102 valence electrons. The Kier molecular flexibility index (Phi) is 2.49. The molecule has 1 amide bonds. The first-order valence-electron chi connectivity index (χ1n) is 7.17. The molecular weight excluding hydrogens is 250 g/mol. The van der Waals surface area contributed by atoms with Crippen molar-refractivity contribution in [2.45, 2.75) is 25.3 Å². The van der Waals surface area contributed by atoms with Gasteiger partial charge < -0.3 is 9.64 Å². The number of carbonyl (C=O) groups excluding carboxylic acids is 1. The fourth-order valence-corrected chi connectivity index (χ4v) is 3.68. The number of hydrogen-bond donors (Lipinski definition) is 0. The van der Waals surface area contributed by atoms with Crippen LogP contribution in [0, 0.1) is 0 Å². The maximum atomic E-state index is 11.9. The first-order chi connectivity index (χ1) is 9.78. The van der Waals surface area contributed by atoms with Crippen LogP contribution >= 0.6 is 0 Å². The van der Waals surface area contributed by atoms with Crippen LogP contribution in [-0.2, 0) is 11.2 Å². The lowest BCUT2D eigenvalue weighted by atomic mass is 9.88. The largest absolute Gasteiger partial charge is 0.497 e. The number of amides is 1. The van der Waals surface area contributed by atoms with Crippen LogP contribution in [0.5, 0.6) is 5.75 Å². The van der Waals surface area contributed by atoms with Gasteiger partial charge in [0, 0.05) is 13.0 Å². The highest BCUT2D eigenvalue weighted by molar-refractivity contribution is 5.89. The predicted octanol–water partition coefficient (Wildman–Crippen LogP) is 3.07. The zero-order valence-electron chi connectivity index (χ0n) is 11.6. The Morgan fingerprint density at radius 3 is 2.95 bits per heavy atom. The van der Waals surface area contributed by atoms with Gasteiger partial charge in [0.05, 0.1) is 13.2 Å². The van der Waals surface area contributed by atoms with Gasteiger partial charge in [0.15, 0.2) is 0 Å². The summed E-state index contributed by atoms with van der Waals surface area (Å²) in [6, 6.07) is 10.9. The minimum absolute atomic E-state index is 0.303. The van der Waals surface area contributed by atoms with Crippen molar-refractivity contribution in [3.8, 4) is 5.75 Å². The molecule has 4 rings (SSSR count). The molecule has 1 atom stereocenters. The van der Waals surface area contributed by atoms with Crippen LogP contribution in [0.15, 0.2) is 30.3 Å². The first-order valence-corrected chi connectivity index (χ1v) is 7.17. The fraction of sp³-hybridized carbons (Fsp3) is 0.353. The van der Waals surface area contributed by atoms with E-state index < -0.39 is 0 Å². The molecule has 0 radical (unpaired) electrons. The van der Waals surface area contributed by atoms with Crippen LogP contribution in [0.25, 0.3) is 10.8 Å². The Morgan fingerprint density at radius 2 is 2.10 bits per heavy atom. The van der Waals surface area contributed by atoms with Crippen molar-refractivity contribution in [3.05, 3.63) is 41.5 Å². The highest BCUT2D eigenvalue weighted by atomic mass is 16.5. The summed E-state index contributed by atoms with van der Waals surface area (Å²) in [7, 11) is 1.70. The molecule has 0 aromatic heterocycles. The number of ether oxygens (including phenoxy) is 1. The standard InChI is InChI=1S/C17H17NO2/c1-20-12-3-5-13-11(10-12)2-4-15-14(13)8-9-18-16(15)6-7-17(18)19/h2-5,10,16H,6-9H2,1H3/t16-/m0/s1. The second kappa shape index (κ2) is 4.23. The number of methoxy groups -OCH3 is 1. The van der Waals surface area contributed by atoms with E-state index >= 15 is 0 Å². The van der Waals surface area contributed by atoms with E-state index in [4.69, 9.17) is 4.74 Å². The molecule has 2 aromatic carbocycles. The van der Waals surface area contributed by atoms with Crippen LogP contribution in [0.2, 0.25) is 0 Å². The van der Waals surface area contributed by atoms with Crippen LogP contribution in [0.3, 0.4) is 0 Å². The topological polar surface area (TPSA) is 29.5 Å². The van der Waals surface area contributed by atoms with E-state index in [0.29, 0.717) is 18.4 Å². The summed E-state index contributed by atoms with van der Waals surface area (Å²) >= 11 is 0. The lowest BCUT2D eigenvalue weighted by Gasteiger charge is -2.32. The molecule has 20 heavy (non-hydrogen) atoms. The molecule has 2 aliphatic rings. The molecule has 0 spiro atoms. The Morgan fingerprint density at radius 1 is 1.20 bits per heavy atom. The van der Waals surface area contributed by atoms with Crippen molar-refractivity contribution >= 4 is 16.7 Å². The maximum absolute atomic E-state index is 11.9. The van der Waals surface area contributed by atoms with E-state index in [1.165, 1.54) is 21.9 Å². The molecule has 0 saturated carbocycles. The second-order valence-corrected chi connectivity index (χ2v) is 5.61. The molecule has 2 heterocycles. The number of fused-ring (bicyclic) bond motifs is 5. The van der Waals surface area contributed by atoms with E-state index in [1.807, 2.05) is 6.07 Å². The first kappa shape index (κ1) is 11.8. The van der Waals surface area contributed by atoms with E-state index in [-0.39, 0.29) is 0 Å². The van der Waals surface area contributed by atoms with Gasteiger partial charge in [-0.3, -0.25) is 4.79 Å². The monoisotopic (exact) mass is 267 g/mol. The van der Waals surface area contributed by atoms with Crippen LogP contribution in [0.1, 0.15) is 30.0 Å². The van der Waals surface area contributed by atoms with E-state index in [9.17, 15) is 4.79 Å². The quantitative estimate of drug-likeness (QED) is 0.794. The summed E-state index contributed by atoms with van der Waals surface area (Å²) in [5, 5.41) is 2.53. The Bertz CT molecular complexity index is 707. The Balaban J connectivity index is 1.89. The highest BCUT2D eigenvalue weighted by Crippen LogP contribution is 2.41. The van der Waals surface area contributed by atoms with Gasteiger partial charge in [-0.2, -0.15) is 0 Å².